The molecule has 27 heavy (non-hydrogen) atoms. The third kappa shape index (κ3) is 4.78. The second-order valence-electron chi connectivity index (χ2n) is 6.53. The van der Waals surface area contributed by atoms with Gasteiger partial charge in [-0.25, -0.2) is 0 Å². The van der Waals surface area contributed by atoms with Gasteiger partial charge in [0.2, 0.25) is 5.91 Å². The maximum atomic E-state index is 12.3. The third-order valence-electron chi connectivity index (χ3n) is 4.57. The van der Waals surface area contributed by atoms with Crippen LogP contribution in [0.15, 0.2) is 48.5 Å². The van der Waals surface area contributed by atoms with E-state index < -0.39 is 0 Å². The molecule has 0 unspecified atom stereocenters. The molecule has 0 saturated carbocycles. The summed E-state index contributed by atoms with van der Waals surface area (Å²) in [4.78, 5) is 27.6. The van der Waals surface area contributed by atoms with Crippen molar-refractivity contribution in [2.45, 2.75) is 19.4 Å². The molecule has 142 valence electrons. The lowest BCUT2D eigenvalue weighted by Crippen LogP contribution is -2.31. The quantitative estimate of drug-likeness (QED) is 0.754. The van der Waals surface area contributed by atoms with E-state index in [0.29, 0.717) is 18.7 Å². The van der Waals surface area contributed by atoms with E-state index in [1.807, 2.05) is 36.4 Å². The molecule has 1 fully saturated rings. The van der Waals surface area contributed by atoms with Gasteiger partial charge in [-0.3, -0.25) is 9.59 Å². The van der Waals surface area contributed by atoms with Crippen LogP contribution in [0.2, 0.25) is 0 Å². The van der Waals surface area contributed by atoms with Crippen molar-refractivity contribution in [1.82, 2.24) is 4.90 Å². The Morgan fingerprint density at radius 3 is 2.59 bits per heavy atom. The van der Waals surface area contributed by atoms with Crippen LogP contribution in [0.25, 0.3) is 0 Å². The molecule has 1 aliphatic heterocycles. The van der Waals surface area contributed by atoms with Crippen LogP contribution in [0.3, 0.4) is 0 Å². The minimum absolute atomic E-state index is 0.0515. The number of ether oxygens (including phenoxy) is 2. The van der Waals surface area contributed by atoms with Crippen molar-refractivity contribution in [2.75, 3.05) is 32.2 Å². The topological polar surface area (TPSA) is 59.1 Å². The van der Waals surface area contributed by atoms with E-state index in [2.05, 4.69) is 0 Å². The second-order valence-corrected chi connectivity index (χ2v) is 6.53. The lowest BCUT2D eigenvalue weighted by atomic mass is 10.2. The molecule has 2 amide bonds. The number of nitrogens with zero attached hydrogens (tertiary/aromatic N) is 2. The number of rotatable bonds is 7. The average molecular weight is 368 g/mol. The van der Waals surface area contributed by atoms with Crippen LogP contribution >= 0.6 is 0 Å². The number of anilines is 1. The van der Waals surface area contributed by atoms with Gasteiger partial charge >= 0.3 is 0 Å². The summed E-state index contributed by atoms with van der Waals surface area (Å²) < 4.78 is 10.8. The zero-order valence-electron chi connectivity index (χ0n) is 15.7. The van der Waals surface area contributed by atoms with E-state index in [-0.39, 0.29) is 18.4 Å². The molecule has 1 saturated heterocycles. The Kier molecular flexibility index (Phi) is 5.96. The molecular weight excluding hydrogens is 344 g/mol. The number of hydrogen-bond acceptors (Lipinski definition) is 4. The van der Waals surface area contributed by atoms with E-state index in [1.165, 1.54) is 0 Å². The van der Waals surface area contributed by atoms with Crippen molar-refractivity contribution in [3.8, 4) is 11.5 Å². The fourth-order valence-electron chi connectivity index (χ4n) is 3.01. The number of likely N-dealkylation sites (N-methyl/N-ethyl adjacent to an activating group) is 1. The largest absolute Gasteiger partial charge is 0.497 e. The standard InChI is InChI=1S/C21H24N2O4/c1-22(14-16-8-10-18(26-2)11-9-16)21(25)15-27-19-6-3-5-17(13-19)23-12-4-7-20(23)24/h3,5-6,8-11,13H,4,7,12,14-15H2,1-2H3. The summed E-state index contributed by atoms with van der Waals surface area (Å²) in [6.45, 7) is 1.17. The van der Waals surface area contributed by atoms with Gasteiger partial charge in [0.15, 0.2) is 6.61 Å². The first-order valence-electron chi connectivity index (χ1n) is 8.97. The van der Waals surface area contributed by atoms with Crippen LogP contribution in [-0.4, -0.2) is 44.0 Å². The summed E-state index contributed by atoms with van der Waals surface area (Å²) in [5.74, 6) is 1.38. The molecule has 0 bridgehead atoms. The van der Waals surface area contributed by atoms with E-state index in [9.17, 15) is 9.59 Å². The van der Waals surface area contributed by atoms with Crippen molar-refractivity contribution in [3.63, 3.8) is 0 Å². The number of carbonyl (C=O) groups excluding carboxylic acids is 2. The Bertz CT molecular complexity index is 804. The fraction of sp³-hybridized carbons (Fsp3) is 0.333. The van der Waals surface area contributed by atoms with Crippen molar-refractivity contribution < 1.29 is 19.1 Å². The molecule has 6 heteroatoms. The highest BCUT2D eigenvalue weighted by molar-refractivity contribution is 5.95. The molecule has 2 aromatic rings. The van der Waals surface area contributed by atoms with Gasteiger partial charge in [0, 0.05) is 38.3 Å². The molecule has 0 spiro atoms. The predicted octanol–water partition coefficient (Wildman–Crippen LogP) is 2.86. The second kappa shape index (κ2) is 8.58. The van der Waals surface area contributed by atoms with E-state index in [1.54, 1.807) is 36.1 Å². The van der Waals surface area contributed by atoms with Gasteiger partial charge < -0.3 is 19.3 Å². The van der Waals surface area contributed by atoms with Gasteiger partial charge in [-0.2, -0.15) is 0 Å². The Morgan fingerprint density at radius 2 is 1.93 bits per heavy atom. The van der Waals surface area contributed by atoms with E-state index >= 15 is 0 Å². The highest BCUT2D eigenvalue weighted by atomic mass is 16.5. The van der Waals surface area contributed by atoms with Crippen LogP contribution < -0.4 is 14.4 Å². The van der Waals surface area contributed by atoms with Crippen LogP contribution in [0.1, 0.15) is 18.4 Å². The number of hydrogen-bond donors (Lipinski definition) is 0. The molecule has 6 nitrogen and oxygen atoms in total. The number of methoxy groups -OCH3 is 1. The van der Waals surface area contributed by atoms with Crippen LogP contribution in [0, 0.1) is 0 Å². The maximum absolute atomic E-state index is 12.3. The summed E-state index contributed by atoms with van der Waals surface area (Å²) in [6, 6.07) is 14.9. The molecule has 1 aliphatic rings. The molecule has 2 aromatic carbocycles. The monoisotopic (exact) mass is 368 g/mol. The number of benzene rings is 2. The average Bonchev–Trinajstić information content (AvgIpc) is 3.13. The molecule has 0 atom stereocenters. The van der Waals surface area contributed by atoms with Crippen molar-refractivity contribution in [1.29, 1.82) is 0 Å². The summed E-state index contributed by atoms with van der Waals surface area (Å²) >= 11 is 0. The molecular formula is C21H24N2O4. The van der Waals surface area contributed by atoms with E-state index in [0.717, 1.165) is 30.0 Å². The Labute approximate surface area is 159 Å². The number of carbonyl (C=O) groups is 2. The summed E-state index contributed by atoms with van der Waals surface area (Å²) in [6.07, 6.45) is 1.46. The normalized spacial score (nSPS) is 13.6. The lowest BCUT2D eigenvalue weighted by Gasteiger charge is -2.19. The SMILES string of the molecule is COc1ccc(CN(C)C(=O)COc2cccc(N3CCCC3=O)c2)cc1. The first kappa shape index (κ1) is 18.8. The van der Waals surface area contributed by atoms with Crippen molar-refractivity contribution in [2.24, 2.45) is 0 Å². The van der Waals surface area contributed by atoms with Gasteiger partial charge in [0.25, 0.3) is 5.91 Å². The first-order chi connectivity index (χ1) is 13.1. The van der Waals surface area contributed by atoms with Crippen LogP contribution in [-0.2, 0) is 16.1 Å². The van der Waals surface area contributed by atoms with Gasteiger partial charge in [-0.05, 0) is 36.2 Å². The molecule has 0 N–H and O–H groups in total. The van der Waals surface area contributed by atoms with Gasteiger partial charge in [0.1, 0.15) is 11.5 Å². The predicted molar refractivity (Wildman–Crippen MR) is 103 cm³/mol. The van der Waals surface area contributed by atoms with Crippen LogP contribution in [0.4, 0.5) is 5.69 Å². The maximum Gasteiger partial charge on any atom is 0.260 e. The highest BCUT2D eigenvalue weighted by Gasteiger charge is 2.22. The minimum atomic E-state index is -0.117. The first-order valence-corrected chi connectivity index (χ1v) is 8.97. The fourth-order valence-corrected chi connectivity index (χ4v) is 3.01. The molecule has 1 heterocycles. The Morgan fingerprint density at radius 1 is 1.15 bits per heavy atom. The highest BCUT2D eigenvalue weighted by Crippen LogP contribution is 2.25. The molecule has 0 aliphatic carbocycles. The number of amides is 2. The Hall–Kier alpha value is -3.02. The zero-order valence-corrected chi connectivity index (χ0v) is 15.7. The van der Waals surface area contributed by atoms with Crippen molar-refractivity contribution >= 4 is 17.5 Å². The minimum Gasteiger partial charge on any atom is -0.497 e. The summed E-state index contributed by atoms with van der Waals surface area (Å²) in [7, 11) is 3.37. The molecule has 0 aromatic heterocycles. The third-order valence-corrected chi connectivity index (χ3v) is 4.57. The van der Waals surface area contributed by atoms with Gasteiger partial charge in [0.05, 0.1) is 7.11 Å². The molecule has 0 radical (unpaired) electrons. The zero-order chi connectivity index (χ0) is 19.2. The van der Waals surface area contributed by atoms with Crippen LogP contribution in [0.5, 0.6) is 11.5 Å². The van der Waals surface area contributed by atoms with Crippen molar-refractivity contribution in [3.05, 3.63) is 54.1 Å². The summed E-state index contributed by atoms with van der Waals surface area (Å²) in [5, 5.41) is 0. The van der Waals surface area contributed by atoms with E-state index in [4.69, 9.17) is 9.47 Å². The van der Waals surface area contributed by atoms with Gasteiger partial charge in [-0.1, -0.05) is 18.2 Å². The van der Waals surface area contributed by atoms with Gasteiger partial charge in [-0.15, -0.1) is 0 Å². The smallest absolute Gasteiger partial charge is 0.260 e. The summed E-state index contributed by atoms with van der Waals surface area (Å²) in [5.41, 5.74) is 1.83. The molecule has 3 rings (SSSR count). The lowest BCUT2D eigenvalue weighted by molar-refractivity contribution is -0.132. The Balaban J connectivity index is 1.54.